The summed E-state index contributed by atoms with van der Waals surface area (Å²) in [5, 5.41) is 0. The largest absolute Gasteiger partial charge is 0.462 e. The third kappa shape index (κ3) is 31.2. The minimum absolute atomic E-state index is 0.00416. The first-order valence-electron chi connectivity index (χ1n) is 30.3. The van der Waals surface area contributed by atoms with Crippen molar-refractivity contribution >= 4 is 11.9 Å². The van der Waals surface area contributed by atoms with Crippen molar-refractivity contribution in [2.24, 2.45) is 16.7 Å². The smallest absolute Gasteiger partial charge is 0.306 e. The molecular weight excluding hydrogens is 905 g/mol. The van der Waals surface area contributed by atoms with E-state index in [1.54, 1.807) is 0 Å². The summed E-state index contributed by atoms with van der Waals surface area (Å²) >= 11 is 0. The lowest BCUT2D eigenvalue weighted by Crippen LogP contribution is -2.34. The van der Waals surface area contributed by atoms with E-state index in [4.69, 9.17) is 9.47 Å². The summed E-state index contributed by atoms with van der Waals surface area (Å²) in [5.41, 5.74) is 8.64. The first-order chi connectivity index (χ1) is 35.5. The average Bonchev–Trinajstić information content (AvgIpc) is 3.32. The van der Waals surface area contributed by atoms with Crippen molar-refractivity contribution in [2.45, 2.75) is 281 Å². The fourth-order valence-electron chi connectivity index (χ4n) is 10.9. The molecule has 0 amide bonds. The topological polar surface area (TPSA) is 52.6 Å². The van der Waals surface area contributed by atoms with Gasteiger partial charge in [-0.05, 0) is 89.7 Å². The summed E-state index contributed by atoms with van der Waals surface area (Å²) in [7, 11) is 0. The number of hydrogen-bond acceptors (Lipinski definition) is 4. The van der Waals surface area contributed by atoms with Gasteiger partial charge in [0.15, 0.2) is 0 Å². The summed E-state index contributed by atoms with van der Waals surface area (Å²) in [6.45, 7) is 26.6. The lowest BCUT2D eigenvalue weighted by atomic mass is 9.67. The van der Waals surface area contributed by atoms with Crippen molar-refractivity contribution < 1.29 is 19.1 Å². The highest BCUT2D eigenvalue weighted by molar-refractivity contribution is 5.70. The van der Waals surface area contributed by atoms with Crippen LogP contribution >= 0.6 is 0 Å². The van der Waals surface area contributed by atoms with Gasteiger partial charge >= 0.3 is 11.9 Å². The Morgan fingerprint density at radius 2 is 0.905 bits per heavy atom. The van der Waals surface area contributed by atoms with Gasteiger partial charge in [-0.15, -0.1) is 0 Å². The predicted molar refractivity (Wildman–Crippen MR) is 323 cm³/mol. The van der Waals surface area contributed by atoms with E-state index in [0.717, 1.165) is 44.9 Å². The van der Waals surface area contributed by atoms with Crippen LogP contribution in [0.1, 0.15) is 269 Å². The number of hydrogen-bond donors (Lipinski definition) is 0. The molecule has 0 aromatic heterocycles. The summed E-state index contributed by atoms with van der Waals surface area (Å²) in [6.07, 6.45) is 67.0. The summed E-state index contributed by atoms with van der Waals surface area (Å²) < 4.78 is 12.0. The Labute approximate surface area is 457 Å². The van der Waals surface area contributed by atoms with Crippen LogP contribution in [0.2, 0.25) is 0 Å². The van der Waals surface area contributed by atoms with E-state index in [9.17, 15) is 9.59 Å². The van der Waals surface area contributed by atoms with E-state index in [-0.39, 0.29) is 35.0 Å². The third-order valence-electron chi connectivity index (χ3n) is 15.3. The maximum absolute atomic E-state index is 12.8. The number of unbranched alkanes of at least 4 members (excludes halogenated alkanes) is 22. The Morgan fingerprint density at radius 1 is 0.514 bits per heavy atom. The first kappa shape index (κ1) is 66.2. The first-order valence-corrected chi connectivity index (χ1v) is 30.3. The van der Waals surface area contributed by atoms with E-state index >= 15 is 0 Å². The molecule has 0 aliphatic heterocycles. The van der Waals surface area contributed by atoms with Crippen LogP contribution in [0, 0.1) is 16.7 Å². The lowest BCUT2D eigenvalue weighted by Gasteiger charge is -2.40. The van der Waals surface area contributed by atoms with Crippen LogP contribution in [0.4, 0.5) is 0 Å². The zero-order valence-corrected chi connectivity index (χ0v) is 50.0. The minimum atomic E-state index is -0.142. The van der Waals surface area contributed by atoms with Crippen LogP contribution in [0.3, 0.4) is 0 Å². The molecule has 0 heterocycles. The fraction of sp³-hybridized carbons (Fsp3) is 0.657. The van der Waals surface area contributed by atoms with Crippen LogP contribution in [0.5, 0.6) is 0 Å². The Kier molecular flexibility index (Phi) is 35.3. The van der Waals surface area contributed by atoms with Crippen LogP contribution in [0.15, 0.2) is 130 Å². The van der Waals surface area contributed by atoms with Crippen LogP contribution in [0.25, 0.3) is 0 Å². The van der Waals surface area contributed by atoms with E-state index in [0.29, 0.717) is 18.8 Å². The maximum Gasteiger partial charge on any atom is 0.306 e. The molecule has 0 unspecified atom stereocenters. The molecular formula is C70H112O4. The highest BCUT2D eigenvalue weighted by Gasteiger charge is 2.37. The van der Waals surface area contributed by atoms with Crippen molar-refractivity contribution in [3.8, 4) is 0 Å². The molecule has 0 saturated heterocycles. The van der Waals surface area contributed by atoms with E-state index < -0.39 is 0 Å². The Bertz CT molecular complexity index is 1940. The van der Waals surface area contributed by atoms with E-state index in [1.165, 1.54) is 167 Å². The molecule has 0 N–H and O–H groups in total. The van der Waals surface area contributed by atoms with Crippen LogP contribution < -0.4 is 0 Å². The average molecular weight is 1020 g/mol. The molecule has 74 heavy (non-hydrogen) atoms. The Balaban J connectivity index is 1.74. The highest BCUT2D eigenvalue weighted by atomic mass is 16.5. The quantitative estimate of drug-likeness (QED) is 0.0268. The molecule has 0 bridgehead atoms. The predicted octanol–water partition coefficient (Wildman–Crippen LogP) is 21.7. The zero-order chi connectivity index (χ0) is 54.5. The highest BCUT2D eigenvalue weighted by Crippen LogP contribution is 2.44. The second kappa shape index (κ2) is 39.5. The molecule has 0 radical (unpaired) electrons. The summed E-state index contributed by atoms with van der Waals surface area (Å²) in [5.74, 6) is 0.223. The number of carbonyl (C=O) groups is 2. The van der Waals surface area contributed by atoms with Gasteiger partial charge in [0.05, 0.1) is 0 Å². The Morgan fingerprint density at radius 3 is 1.34 bits per heavy atom. The molecule has 0 spiro atoms. The number of allylic oxidation sites excluding steroid dienone is 20. The molecule has 2 aliphatic carbocycles. The van der Waals surface area contributed by atoms with Crippen molar-refractivity contribution in [3.05, 3.63) is 130 Å². The van der Waals surface area contributed by atoms with Gasteiger partial charge in [-0.25, -0.2) is 0 Å². The van der Waals surface area contributed by atoms with Crippen molar-refractivity contribution in [1.29, 1.82) is 0 Å². The second-order valence-corrected chi connectivity index (χ2v) is 23.9. The molecule has 4 nitrogen and oxygen atoms in total. The third-order valence-corrected chi connectivity index (χ3v) is 15.3. The van der Waals surface area contributed by atoms with Gasteiger partial charge in [0, 0.05) is 25.2 Å². The summed E-state index contributed by atoms with van der Waals surface area (Å²) in [6, 6.07) is 0. The number of ether oxygens (including phenoxy) is 2. The molecule has 0 saturated carbocycles. The number of carbonyl (C=O) groups excluding carboxylic acids is 2. The molecule has 0 aromatic rings. The monoisotopic (exact) mass is 1020 g/mol. The van der Waals surface area contributed by atoms with Gasteiger partial charge in [0.1, 0.15) is 12.2 Å². The van der Waals surface area contributed by atoms with Crippen molar-refractivity contribution in [2.75, 3.05) is 0 Å². The summed E-state index contributed by atoms with van der Waals surface area (Å²) in [4.78, 5) is 25.5. The van der Waals surface area contributed by atoms with Crippen LogP contribution in [-0.2, 0) is 19.1 Å². The van der Waals surface area contributed by atoms with Crippen molar-refractivity contribution in [1.82, 2.24) is 0 Å². The molecule has 2 aliphatic rings. The normalized spacial score (nSPS) is 20.1. The maximum atomic E-state index is 12.8. The molecule has 0 aromatic carbocycles. The van der Waals surface area contributed by atoms with E-state index in [2.05, 4.69) is 174 Å². The van der Waals surface area contributed by atoms with Gasteiger partial charge < -0.3 is 9.47 Å². The van der Waals surface area contributed by atoms with Gasteiger partial charge in [0.25, 0.3) is 0 Å². The molecule has 416 valence electrons. The molecule has 4 heteroatoms. The van der Waals surface area contributed by atoms with Gasteiger partial charge in [-0.3, -0.25) is 9.59 Å². The second-order valence-electron chi connectivity index (χ2n) is 23.9. The van der Waals surface area contributed by atoms with Gasteiger partial charge in [-0.2, -0.15) is 0 Å². The van der Waals surface area contributed by atoms with Gasteiger partial charge in [0.2, 0.25) is 0 Å². The minimum Gasteiger partial charge on any atom is -0.462 e. The standard InChI is InChI=1S/C70H112O4/c1-13-15-17-19-21-23-25-26-28-30-32-34-36-48-68(72)74-64-54-62(8)66(70(11,12)56-64)52-50-60(6)46-40-44-58(4)42-38-37-41-57(3)43-39-45-59(5)49-51-65-61(7)53-63(55-69(65,9)10)73-67(71)47-35-33-31-29-27-24-22-20-18-16-14-2/h37-46,49-53,63-65H,13-36,47-48,54-56H2,1-12H3/b38-37+,43-39+,44-40+,51-49+,52-50+,57-41+,58-42+,59-45+,60-46+/t63-,64+,65-/m0/s1. The van der Waals surface area contributed by atoms with Crippen LogP contribution in [-0.4, -0.2) is 24.1 Å². The fourth-order valence-corrected chi connectivity index (χ4v) is 10.9. The molecule has 3 atom stereocenters. The number of rotatable bonds is 38. The SMILES string of the molecule is CCCCCCCCCCCCCCCC(=O)O[C@@H]1CC(C)=C(/C=C/C(C)=C/C=C/C(C)=C/C=C/C=C(C)/C=C/C=C(C)/C=C/[C@H]2C(C)=C[C@H](OC(=O)CCCCCCCCCCCCC)CC2(C)C)C(C)(C)C1. The Hall–Kier alpha value is -3.92. The van der Waals surface area contributed by atoms with Crippen molar-refractivity contribution in [3.63, 3.8) is 0 Å². The van der Waals surface area contributed by atoms with Gasteiger partial charge in [-0.1, -0.05) is 301 Å². The molecule has 2 rings (SSSR count). The zero-order valence-electron chi connectivity index (χ0n) is 50.0. The lowest BCUT2D eigenvalue weighted by molar-refractivity contribution is -0.151. The molecule has 0 fully saturated rings. The number of esters is 2. The van der Waals surface area contributed by atoms with E-state index in [1.807, 2.05) is 0 Å².